The first-order valence-electron chi connectivity index (χ1n) is 8.55. The summed E-state index contributed by atoms with van der Waals surface area (Å²) in [5.41, 5.74) is 9.89. The van der Waals surface area contributed by atoms with Gasteiger partial charge in [0.05, 0.1) is 4.90 Å². The van der Waals surface area contributed by atoms with E-state index in [2.05, 4.69) is 10.0 Å². The third-order valence-electron chi connectivity index (χ3n) is 4.61. The fourth-order valence-corrected chi connectivity index (χ4v) is 4.58. The van der Waals surface area contributed by atoms with Gasteiger partial charge in [0.1, 0.15) is 0 Å². The van der Waals surface area contributed by atoms with Crippen molar-refractivity contribution in [3.8, 4) is 0 Å². The number of anilines is 2. The molecule has 146 valence electrons. The van der Waals surface area contributed by atoms with Gasteiger partial charge in [-0.05, 0) is 67.1 Å². The van der Waals surface area contributed by atoms with Crippen LogP contribution in [0.1, 0.15) is 42.5 Å². The Morgan fingerprint density at radius 1 is 1.19 bits per heavy atom. The number of nitrogens with two attached hydrogens (primary N) is 1. The van der Waals surface area contributed by atoms with Crippen molar-refractivity contribution in [3.63, 3.8) is 0 Å². The predicted molar refractivity (Wildman–Crippen MR) is 110 cm³/mol. The van der Waals surface area contributed by atoms with E-state index in [0.29, 0.717) is 11.4 Å². The molecule has 0 radical (unpaired) electrons. The Morgan fingerprint density at radius 2 is 1.93 bits per heavy atom. The van der Waals surface area contributed by atoms with Gasteiger partial charge in [0.2, 0.25) is 15.9 Å². The molecule has 0 fully saturated rings. The molecule has 0 saturated carbocycles. The first kappa shape index (κ1) is 21.2. The molecule has 4 N–H and O–H groups in total. The van der Waals surface area contributed by atoms with Crippen LogP contribution < -0.4 is 15.8 Å². The maximum absolute atomic E-state index is 12.9. The third kappa shape index (κ3) is 4.80. The Kier molecular flexibility index (Phi) is 6.51. The quantitative estimate of drug-likeness (QED) is 0.674. The summed E-state index contributed by atoms with van der Waals surface area (Å²) < 4.78 is 28.6. The van der Waals surface area contributed by atoms with Crippen LogP contribution in [0, 0.1) is 6.92 Å². The summed E-state index contributed by atoms with van der Waals surface area (Å²) in [5, 5.41) is 2.67. The molecule has 0 aromatic heterocycles. The smallest absolute Gasteiger partial charge is 0.241 e. The number of nitrogens with one attached hydrogen (secondary N) is 2. The SMILES string of the molecule is CC(=O)Nc1cc(S(=O)(=O)NC2CCCc3cc(N)ccc32)ccc1C.Cl. The highest BCUT2D eigenvalue weighted by Crippen LogP contribution is 2.32. The average molecular weight is 410 g/mol. The zero-order valence-electron chi connectivity index (χ0n) is 15.3. The highest BCUT2D eigenvalue weighted by atomic mass is 35.5. The number of aryl methyl sites for hydroxylation is 2. The molecule has 0 heterocycles. The zero-order chi connectivity index (χ0) is 18.9. The number of rotatable bonds is 4. The fraction of sp³-hybridized carbons (Fsp3) is 0.316. The summed E-state index contributed by atoms with van der Waals surface area (Å²) in [5.74, 6) is -0.241. The molecular weight excluding hydrogens is 386 g/mol. The topological polar surface area (TPSA) is 101 Å². The van der Waals surface area contributed by atoms with Crippen molar-refractivity contribution in [2.75, 3.05) is 11.1 Å². The normalized spacial score (nSPS) is 16.1. The van der Waals surface area contributed by atoms with Crippen LogP contribution in [0.15, 0.2) is 41.3 Å². The molecule has 2 aromatic rings. The molecule has 1 aliphatic rings. The van der Waals surface area contributed by atoms with E-state index in [4.69, 9.17) is 5.73 Å². The number of hydrogen-bond acceptors (Lipinski definition) is 4. The van der Waals surface area contributed by atoms with Gasteiger partial charge >= 0.3 is 0 Å². The first-order chi connectivity index (χ1) is 12.3. The lowest BCUT2D eigenvalue weighted by molar-refractivity contribution is -0.114. The van der Waals surface area contributed by atoms with Crippen LogP contribution in [0.4, 0.5) is 11.4 Å². The van der Waals surface area contributed by atoms with Crippen LogP contribution in [0.5, 0.6) is 0 Å². The van der Waals surface area contributed by atoms with E-state index in [0.717, 1.165) is 36.0 Å². The summed E-state index contributed by atoms with van der Waals surface area (Å²) in [6, 6.07) is 10.1. The fourth-order valence-electron chi connectivity index (χ4n) is 3.30. The molecule has 6 nitrogen and oxygen atoms in total. The number of benzene rings is 2. The molecule has 2 aromatic carbocycles. The van der Waals surface area contributed by atoms with E-state index in [9.17, 15) is 13.2 Å². The molecule has 1 atom stereocenters. The number of carbonyl (C=O) groups excluding carboxylic acids is 1. The molecule has 0 bridgehead atoms. The molecule has 1 amide bonds. The summed E-state index contributed by atoms with van der Waals surface area (Å²) >= 11 is 0. The van der Waals surface area contributed by atoms with Gasteiger partial charge in [-0.15, -0.1) is 12.4 Å². The Bertz CT molecular complexity index is 961. The van der Waals surface area contributed by atoms with Crippen LogP contribution in [0.3, 0.4) is 0 Å². The van der Waals surface area contributed by atoms with E-state index < -0.39 is 10.0 Å². The van der Waals surface area contributed by atoms with Gasteiger partial charge in [0.15, 0.2) is 0 Å². The molecule has 1 aliphatic carbocycles. The van der Waals surface area contributed by atoms with Crippen molar-refractivity contribution < 1.29 is 13.2 Å². The van der Waals surface area contributed by atoms with Gasteiger partial charge < -0.3 is 11.1 Å². The third-order valence-corrected chi connectivity index (χ3v) is 6.08. The Hall–Kier alpha value is -2.09. The minimum atomic E-state index is -3.72. The van der Waals surface area contributed by atoms with Gasteiger partial charge in [-0.1, -0.05) is 12.1 Å². The summed E-state index contributed by atoms with van der Waals surface area (Å²) in [6.07, 6.45) is 2.53. The van der Waals surface area contributed by atoms with Crippen LogP contribution >= 0.6 is 12.4 Å². The number of halogens is 1. The summed E-state index contributed by atoms with van der Waals surface area (Å²) in [6.45, 7) is 3.21. The molecule has 0 spiro atoms. The van der Waals surface area contributed by atoms with Crippen molar-refractivity contribution in [3.05, 3.63) is 53.1 Å². The van der Waals surface area contributed by atoms with Crippen molar-refractivity contribution in [1.29, 1.82) is 0 Å². The van der Waals surface area contributed by atoms with Crippen LogP contribution in [-0.4, -0.2) is 14.3 Å². The Labute approximate surface area is 166 Å². The number of hydrogen-bond donors (Lipinski definition) is 3. The van der Waals surface area contributed by atoms with Crippen LogP contribution in [0.25, 0.3) is 0 Å². The number of amides is 1. The number of sulfonamides is 1. The standard InChI is InChI=1S/C19H23N3O3S.ClH/c1-12-6-8-16(11-19(12)21-13(2)23)26(24,25)22-18-5-3-4-14-10-15(20)7-9-17(14)18;/h6-11,18,22H,3-5,20H2,1-2H3,(H,21,23);1H. The summed E-state index contributed by atoms with van der Waals surface area (Å²) in [4.78, 5) is 11.5. The maximum Gasteiger partial charge on any atom is 0.241 e. The van der Waals surface area contributed by atoms with Crippen molar-refractivity contribution in [2.24, 2.45) is 0 Å². The molecule has 3 rings (SSSR count). The largest absolute Gasteiger partial charge is 0.399 e. The van der Waals surface area contributed by atoms with Crippen molar-refractivity contribution >= 4 is 39.7 Å². The van der Waals surface area contributed by atoms with Gasteiger partial charge in [-0.25, -0.2) is 13.1 Å². The molecule has 0 saturated heterocycles. The second kappa shape index (κ2) is 8.29. The average Bonchev–Trinajstić information content (AvgIpc) is 2.56. The predicted octanol–water partition coefficient (Wildman–Crippen LogP) is 3.31. The van der Waals surface area contributed by atoms with E-state index in [1.807, 2.05) is 19.1 Å². The van der Waals surface area contributed by atoms with E-state index >= 15 is 0 Å². The van der Waals surface area contributed by atoms with Crippen molar-refractivity contribution in [1.82, 2.24) is 4.72 Å². The van der Waals surface area contributed by atoms with Crippen LogP contribution in [0.2, 0.25) is 0 Å². The van der Waals surface area contributed by atoms with Gasteiger partial charge in [-0.3, -0.25) is 4.79 Å². The minimum Gasteiger partial charge on any atom is -0.399 e. The second-order valence-corrected chi connectivity index (χ2v) is 8.40. The highest BCUT2D eigenvalue weighted by molar-refractivity contribution is 7.89. The van der Waals surface area contributed by atoms with E-state index in [-0.39, 0.29) is 29.3 Å². The molecule has 0 aliphatic heterocycles. The molecule has 1 unspecified atom stereocenters. The second-order valence-electron chi connectivity index (χ2n) is 6.68. The van der Waals surface area contributed by atoms with E-state index in [1.54, 1.807) is 18.2 Å². The number of nitrogen functional groups attached to an aromatic ring is 1. The monoisotopic (exact) mass is 409 g/mol. The molecule has 27 heavy (non-hydrogen) atoms. The van der Waals surface area contributed by atoms with Crippen molar-refractivity contribution in [2.45, 2.75) is 44.0 Å². The lowest BCUT2D eigenvalue weighted by Gasteiger charge is -2.26. The first-order valence-corrected chi connectivity index (χ1v) is 10.0. The lowest BCUT2D eigenvalue weighted by atomic mass is 9.88. The van der Waals surface area contributed by atoms with Gasteiger partial charge in [0.25, 0.3) is 0 Å². The molecular formula is C19H24ClN3O3S. The minimum absolute atomic E-state index is 0. The molecule has 8 heteroatoms. The maximum atomic E-state index is 12.9. The Balaban J connectivity index is 0.00000261. The number of fused-ring (bicyclic) bond motifs is 1. The van der Waals surface area contributed by atoms with Crippen LogP contribution in [-0.2, 0) is 21.2 Å². The lowest BCUT2D eigenvalue weighted by Crippen LogP contribution is -2.31. The Morgan fingerprint density at radius 3 is 2.63 bits per heavy atom. The number of carbonyl (C=O) groups is 1. The van der Waals surface area contributed by atoms with Gasteiger partial charge in [-0.2, -0.15) is 0 Å². The summed E-state index contributed by atoms with van der Waals surface area (Å²) in [7, 11) is -3.72. The zero-order valence-corrected chi connectivity index (χ0v) is 16.9. The highest BCUT2D eigenvalue weighted by Gasteiger charge is 2.26. The van der Waals surface area contributed by atoms with E-state index in [1.165, 1.54) is 13.0 Å². The van der Waals surface area contributed by atoms with Gasteiger partial charge in [0, 0.05) is 24.3 Å².